The van der Waals surface area contributed by atoms with Crippen LogP contribution >= 0.6 is 0 Å². The number of fused-ring (bicyclic) bond motifs is 3. The van der Waals surface area contributed by atoms with Crippen LogP contribution in [0.4, 0.5) is 5.69 Å². The third-order valence-corrected chi connectivity index (χ3v) is 5.45. The number of hydrogen-bond acceptors (Lipinski definition) is 2. The number of benzene rings is 2. The largest absolute Gasteiger partial charge is 0.376 e. The Bertz CT molecular complexity index is 760. The average molecular weight is 334 g/mol. The monoisotopic (exact) mass is 334 g/mol. The fraction of sp³-hybridized carbons (Fsp3) is 0.409. The van der Waals surface area contributed by atoms with E-state index in [1.165, 1.54) is 41.5 Å². The van der Waals surface area contributed by atoms with Crippen molar-refractivity contribution in [1.29, 1.82) is 0 Å². The molecule has 0 atom stereocenters. The average Bonchev–Trinajstić information content (AvgIpc) is 2.97. The van der Waals surface area contributed by atoms with Crippen molar-refractivity contribution < 1.29 is 4.79 Å². The topological polar surface area (TPSA) is 32.3 Å². The summed E-state index contributed by atoms with van der Waals surface area (Å²) in [4.78, 5) is 14.5. The molecule has 1 fully saturated rings. The first-order valence-corrected chi connectivity index (χ1v) is 9.54. The van der Waals surface area contributed by atoms with E-state index in [2.05, 4.69) is 47.8 Å². The molecule has 130 valence electrons. The minimum absolute atomic E-state index is 0.227. The summed E-state index contributed by atoms with van der Waals surface area (Å²) in [5, 5.41) is 3.34. The van der Waals surface area contributed by atoms with E-state index in [1.807, 2.05) is 4.90 Å². The number of carbonyl (C=O) groups is 1. The Kier molecular flexibility index (Phi) is 4.73. The van der Waals surface area contributed by atoms with Crippen LogP contribution in [0.5, 0.6) is 0 Å². The van der Waals surface area contributed by atoms with Crippen LogP contribution in [0.3, 0.4) is 0 Å². The molecule has 3 nitrogen and oxygen atoms in total. The fourth-order valence-electron chi connectivity index (χ4n) is 4.04. The van der Waals surface area contributed by atoms with E-state index in [1.54, 1.807) is 0 Å². The minimum Gasteiger partial charge on any atom is -0.376 e. The van der Waals surface area contributed by atoms with Crippen LogP contribution in [0.2, 0.25) is 0 Å². The Morgan fingerprint density at radius 2 is 1.60 bits per heavy atom. The van der Waals surface area contributed by atoms with Crippen LogP contribution in [0, 0.1) is 0 Å². The zero-order chi connectivity index (χ0) is 17.1. The summed E-state index contributed by atoms with van der Waals surface area (Å²) in [6.45, 7) is 2.23. The van der Waals surface area contributed by atoms with Gasteiger partial charge in [-0.25, -0.2) is 0 Å². The predicted octanol–water partition coefficient (Wildman–Crippen LogP) is 4.46. The summed E-state index contributed by atoms with van der Waals surface area (Å²) in [6.07, 6.45) is 7.09. The maximum atomic E-state index is 12.5. The van der Waals surface area contributed by atoms with Gasteiger partial charge in [0.2, 0.25) is 5.91 Å². The lowest BCUT2D eigenvalue weighted by atomic mass is 10.1. The minimum atomic E-state index is 0.227. The third kappa shape index (κ3) is 3.55. The van der Waals surface area contributed by atoms with Crippen molar-refractivity contribution in [3.63, 3.8) is 0 Å². The second-order valence-corrected chi connectivity index (χ2v) is 7.21. The Morgan fingerprint density at radius 3 is 2.44 bits per heavy atom. The molecule has 3 heteroatoms. The number of hydrogen-bond donors (Lipinski definition) is 1. The molecule has 2 aliphatic rings. The molecule has 1 aliphatic carbocycles. The van der Waals surface area contributed by atoms with Gasteiger partial charge in [0.25, 0.3) is 0 Å². The van der Waals surface area contributed by atoms with Crippen molar-refractivity contribution >= 4 is 11.6 Å². The second-order valence-electron chi connectivity index (χ2n) is 7.21. The van der Waals surface area contributed by atoms with E-state index in [0.717, 1.165) is 38.0 Å². The Hall–Kier alpha value is -2.29. The number of likely N-dealkylation sites (tertiary alicyclic amines) is 1. The first-order valence-electron chi connectivity index (χ1n) is 9.54. The molecule has 0 saturated carbocycles. The lowest BCUT2D eigenvalue weighted by Gasteiger charge is -2.25. The molecule has 2 aromatic rings. The van der Waals surface area contributed by atoms with Gasteiger partial charge in [0, 0.05) is 18.8 Å². The van der Waals surface area contributed by atoms with Crippen LogP contribution < -0.4 is 5.32 Å². The molecule has 0 spiro atoms. The van der Waals surface area contributed by atoms with Gasteiger partial charge in [0.15, 0.2) is 0 Å². The molecular weight excluding hydrogens is 308 g/mol. The Morgan fingerprint density at radius 1 is 0.880 bits per heavy atom. The zero-order valence-electron chi connectivity index (χ0n) is 14.8. The van der Waals surface area contributed by atoms with Crippen molar-refractivity contribution in [2.24, 2.45) is 0 Å². The molecule has 0 aromatic heterocycles. The molecule has 0 bridgehead atoms. The number of nitrogens with one attached hydrogen (secondary N) is 1. The predicted molar refractivity (Wildman–Crippen MR) is 103 cm³/mol. The molecule has 1 N–H and O–H groups in total. The number of anilines is 1. The highest BCUT2D eigenvalue weighted by Gasteiger charge is 2.18. The number of rotatable bonds is 3. The molecule has 0 unspecified atom stereocenters. The van der Waals surface area contributed by atoms with Crippen LogP contribution in [0.1, 0.15) is 43.2 Å². The third-order valence-electron chi connectivity index (χ3n) is 5.45. The maximum absolute atomic E-state index is 12.5. The fourth-order valence-corrected chi connectivity index (χ4v) is 4.04. The zero-order valence-corrected chi connectivity index (χ0v) is 14.8. The van der Waals surface area contributed by atoms with Crippen LogP contribution in [0.25, 0.3) is 11.1 Å². The van der Waals surface area contributed by atoms with E-state index in [-0.39, 0.29) is 5.91 Å². The summed E-state index contributed by atoms with van der Waals surface area (Å²) in [5.74, 6) is 0.227. The molecular formula is C22H26N2O. The molecule has 25 heavy (non-hydrogen) atoms. The molecule has 2 aromatic carbocycles. The van der Waals surface area contributed by atoms with Gasteiger partial charge in [-0.15, -0.1) is 0 Å². The first-order chi connectivity index (χ1) is 12.3. The molecule has 1 saturated heterocycles. The highest BCUT2D eigenvalue weighted by atomic mass is 16.2. The Labute approximate surface area is 150 Å². The van der Waals surface area contributed by atoms with E-state index < -0.39 is 0 Å². The summed E-state index contributed by atoms with van der Waals surface area (Å²) in [6, 6.07) is 15.1. The number of carbonyl (C=O) groups excluding carboxylic acids is 1. The van der Waals surface area contributed by atoms with Crippen molar-refractivity contribution in [2.75, 3.05) is 25.0 Å². The van der Waals surface area contributed by atoms with E-state index in [0.29, 0.717) is 6.54 Å². The van der Waals surface area contributed by atoms with Crippen molar-refractivity contribution in [3.05, 3.63) is 53.6 Å². The van der Waals surface area contributed by atoms with Gasteiger partial charge in [-0.05, 0) is 53.6 Å². The van der Waals surface area contributed by atoms with Gasteiger partial charge in [-0.1, -0.05) is 49.6 Å². The molecule has 1 amide bonds. The summed E-state index contributed by atoms with van der Waals surface area (Å²) < 4.78 is 0. The molecule has 1 heterocycles. The quantitative estimate of drug-likeness (QED) is 0.767. The first kappa shape index (κ1) is 16.2. The normalized spacial score (nSPS) is 16.6. The van der Waals surface area contributed by atoms with Gasteiger partial charge >= 0.3 is 0 Å². The van der Waals surface area contributed by atoms with Gasteiger partial charge < -0.3 is 10.2 Å². The number of nitrogens with zero attached hydrogens (tertiary/aromatic N) is 1. The van der Waals surface area contributed by atoms with Crippen molar-refractivity contribution in [2.45, 2.75) is 38.5 Å². The van der Waals surface area contributed by atoms with Crippen LogP contribution in [-0.4, -0.2) is 30.4 Å². The maximum Gasteiger partial charge on any atom is 0.241 e. The lowest BCUT2D eigenvalue weighted by molar-refractivity contribution is -0.129. The van der Waals surface area contributed by atoms with Crippen LogP contribution in [0.15, 0.2) is 42.5 Å². The van der Waals surface area contributed by atoms with Crippen molar-refractivity contribution in [3.8, 4) is 11.1 Å². The standard InChI is InChI=1S/C22H26N2O/c25-22(24-12-6-2-1-3-7-13-24)16-23-19-10-11-21-18(15-19)14-17-8-4-5-9-20(17)21/h4-5,8-11,15,23H,1-3,6-7,12-14,16H2. The van der Waals surface area contributed by atoms with Gasteiger partial charge in [0.1, 0.15) is 0 Å². The molecule has 1 aliphatic heterocycles. The summed E-state index contributed by atoms with van der Waals surface area (Å²) >= 11 is 0. The highest BCUT2D eigenvalue weighted by Crippen LogP contribution is 2.37. The summed E-state index contributed by atoms with van der Waals surface area (Å²) in [7, 11) is 0. The van der Waals surface area contributed by atoms with Crippen LogP contribution in [-0.2, 0) is 11.2 Å². The van der Waals surface area contributed by atoms with Gasteiger partial charge in [-0.2, -0.15) is 0 Å². The second kappa shape index (κ2) is 7.30. The molecule has 0 radical (unpaired) electrons. The smallest absolute Gasteiger partial charge is 0.241 e. The Balaban J connectivity index is 1.39. The highest BCUT2D eigenvalue weighted by molar-refractivity contribution is 5.82. The van der Waals surface area contributed by atoms with E-state index >= 15 is 0 Å². The van der Waals surface area contributed by atoms with Gasteiger partial charge in [0.05, 0.1) is 6.54 Å². The number of amides is 1. The van der Waals surface area contributed by atoms with Crippen molar-refractivity contribution in [1.82, 2.24) is 4.90 Å². The van der Waals surface area contributed by atoms with E-state index in [4.69, 9.17) is 0 Å². The van der Waals surface area contributed by atoms with E-state index in [9.17, 15) is 4.79 Å². The van der Waals surface area contributed by atoms with Gasteiger partial charge in [-0.3, -0.25) is 4.79 Å². The lowest BCUT2D eigenvalue weighted by Crippen LogP contribution is -2.37. The summed E-state index contributed by atoms with van der Waals surface area (Å²) in [5.41, 5.74) is 6.47. The SMILES string of the molecule is O=C(CNc1ccc2c(c1)Cc1ccccc1-2)N1CCCCCCC1. The molecule has 4 rings (SSSR count).